The molecule has 0 saturated carbocycles. The van der Waals surface area contributed by atoms with Gasteiger partial charge in [0.15, 0.2) is 0 Å². The van der Waals surface area contributed by atoms with Gasteiger partial charge in [-0.3, -0.25) is 73.6 Å². The van der Waals surface area contributed by atoms with Crippen LogP contribution in [0.4, 0.5) is 0 Å². The molecule has 0 aromatic carbocycles. The minimum Gasteiger partial charge on any atom is -0.495 e. The van der Waals surface area contributed by atoms with Crippen molar-refractivity contribution in [1.29, 1.82) is 0 Å². The molecule has 22 heterocycles. The van der Waals surface area contributed by atoms with E-state index in [-0.39, 0.29) is 16.6 Å². The Kier molecular flexibility index (Phi) is 34.9. The lowest BCUT2D eigenvalue weighted by Crippen LogP contribution is -2.72. The lowest BCUT2D eigenvalue weighted by Gasteiger charge is -2.61. The molecule has 15 fully saturated rings. The number of methoxy groups -OCH3 is 7. The van der Waals surface area contributed by atoms with Crippen molar-refractivity contribution in [2.24, 2.45) is 0 Å². The zero-order valence-corrected chi connectivity index (χ0v) is 92.5. The molecule has 29 heteroatoms. The van der Waals surface area contributed by atoms with Crippen LogP contribution in [0.25, 0.3) is 0 Å². The zero-order chi connectivity index (χ0) is 102. The van der Waals surface area contributed by atoms with Gasteiger partial charge < -0.3 is 33.2 Å². The summed E-state index contributed by atoms with van der Waals surface area (Å²) in [6, 6.07) is 38.3. The third-order valence-electron chi connectivity index (χ3n) is 32.7. The van der Waals surface area contributed by atoms with Gasteiger partial charge in [0.05, 0.1) is 67.4 Å². The van der Waals surface area contributed by atoms with Crippen LogP contribution in [-0.4, -0.2) is 368 Å². The molecular weight excluding hydrogens is 1800 g/mol. The molecule has 15 aliphatic heterocycles. The number of piperazine rings is 7. The maximum Gasteiger partial charge on any atom is 0.232 e. The Morgan fingerprint density at radius 3 is 0.958 bits per heavy atom. The molecule has 7 aromatic heterocycles. The van der Waals surface area contributed by atoms with Crippen molar-refractivity contribution in [3.8, 4) is 41.0 Å². The first-order chi connectivity index (χ1) is 67.2. The van der Waals surface area contributed by atoms with Crippen LogP contribution >= 0.6 is 11.6 Å². The Morgan fingerprint density at radius 1 is 0.275 bits per heavy atom. The first-order valence-electron chi connectivity index (χ1n) is 52.9. The van der Waals surface area contributed by atoms with E-state index in [1.54, 1.807) is 49.8 Å². The van der Waals surface area contributed by atoms with Crippen LogP contribution in [0.5, 0.6) is 41.0 Å². The molecular formula is C113H176ClN21O7. The van der Waals surface area contributed by atoms with Crippen LogP contribution in [0.2, 0.25) is 5.02 Å². The Labute approximate surface area is 857 Å². The van der Waals surface area contributed by atoms with Crippen molar-refractivity contribution in [2.75, 3.05) is 141 Å². The number of halogens is 1. The van der Waals surface area contributed by atoms with Gasteiger partial charge in [-0.25, -0.2) is 29.9 Å². The van der Waals surface area contributed by atoms with E-state index in [2.05, 4.69) is 285 Å². The molecule has 0 radical (unpaired) electrons. The number of piperidine rings is 5. The number of likely N-dealkylation sites (tertiary alicyclic amines) is 11. The monoisotopic (exact) mass is 1970 g/mol. The molecule has 0 amide bonds. The SMILES string of the molecule is COc1ccc(CN2C3CC2CN(C(C)(C)C)C3)cn1.COc1ccc(CN2C3CC2CN(C(C)(C)C)C3)nc1.COc1ccc(CN2C3CCC2CN(C(C)(C)C)C3)cn1.COc1ccc(CN2CC3CC(C2)N3C(C)(C)C)cn1.COc1ccc(CN2CC3CC2CN3C(C)(C)C)cn1.COc1cccc(CN2C3CC2CN(C(C)(C)C)C3)n1.COc1ncc(CN2C3CC2CN(C(C)(C)C)C3)cc1Cl. The average Bonchev–Trinajstić information content (AvgIpc) is 1.20. The second kappa shape index (κ2) is 45.6. The highest BCUT2D eigenvalue weighted by Crippen LogP contribution is 2.45. The van der Waals surface area contributed by atoms with Gasteiger partial charge in [0.25, 0.3) is 0 Å². The molecule has 15 saturated heterocycles. The summed E-state index contributed by atoms with van der Waals surface area (Å²) in [7, 11) is 11.6. The standard InChI is InChI=1S/C17H27N3O.C16H24ClN3O.5C16H25N3O/c1-17(2,3)19-11-14-6-7-15(12-19)20(14)10-13-5-8-16(21-4)18-9-13;1-16(2,3)19-9-12-6-13(10-19)20(12)8-11-5-14(17)15(21-4)18-7-11;1-16(2,3)18-10-13-7-14(11-18)19(13)9-12-5-6-15(20-4)8-17-12;1-16(2,3)19-11-13-7-14(19)10-18(13)9-12-5-6-15(20-4)17-8-12;1-16(2,3)18-10-13-7-14(11-18)19(13)9-12-5-6-15(20-4)17-8-12;1-16(2,3)19-13-7-14(19)11-18(10-13)9-12-5-6-15(20-4)17-8-12;1-16(2,3)18-10-13-8-14(11-18)19(13)9-12-6-5-7-15(17-12)20-4/h5,8-9,14-15H,6-7,10-12H2,1-4H3;5,7,12-13H,6,8-10H2,1-4H3;4*5-6,8,13-14H,7,9-11H2,1-4H3;5-7,13-14H,8-11H2,1-4H3. The highest BCUT2D eigenvalue weighted by atomic mass is 35.5. The van der Waals surface area contributed by atoms with E-state index in [9.17, 15) is 0 Å². The van der Waals surface area contributed by atoms with Gasteiger partial charge >= 0.3 is 0 Å². The first-order valence-corrected chi connectivity index (χ1v) is 53.3. The summed E-state index contributed by atoms with van der Waals surface area (Å²) in [4.78, 5) is 67.2. The van der Waals surface area contributed by atoms with Crippen LogP contribution in [0.1, 0.15) is 236 Å². The highest BCUT2D eigenvalue weighted by molar-refractivity contribution is 6.31. The molecule has 15 aliphatic rings. The van der Waals surface area contributed by atoms with Crippen LogP contribution in [0, 0.1) is 0 Å². The van der Waals surface area contributed by atoms with Gasteiger partial charge in [0, 0.05) is 322 Å². The highest BCUT2D eigenvalue weighted by Gasteiger charge is 2.54. The number of aromatic nitrogens is 7. The van der Waals surface area contributed by atoms with E-state index in [0.29, 0.717) is 117 Å². The summed E-state index contributed by atoms with van der Waals surface area (Å²) in [6.07, 6.45) is 22.2. The van der Waals surface area contributed by atoms with Gasteiger partial charge in [-0.1, -0.05) is 41.9 Å². The first kappa shape index (κ1) is 109. The topological polar surface area (TPSA) is 200 Å². The van der Waals surface area contributed by atoms with Crippen molar-refractivity contribution in [3.63, 3.8) is 0 Å². The van der Waals surface area contributed by atoms with Crippen LogP contribution in [0.15, 0.2) is 122 Å². The second-order valence-corrected chi connectivity index (χ2v) is 49.8. The van der Waals surface area contributed by atoms with Gasteiger partial charge in [-0.2, -0.15) is 0 Å². The minimum absolute atomic E-state index is 0.272. The van der Waals surface area contributed by atoms with Gasteiger partial charge in [-0.15, -0.1) is 0 Å². The number of rotatable bonds is 21. The summed E-state index contributed by atoms with van der Waals surface area (Å²) in [6.45, 7) is 72.2. The molecule has 14 bridgehead atoms. The maximum atomic E-state index is 6.16. The number of pyridine rings is 7. The number of nitrogens with zero attached hydrogens (tertiary/aromatic N) is 21. The van der Waals surface area contributed by atoms with E-state index in [1.807, 2.05) is 85.7 Å². The molecule has 0 spiro atoms. The Bertz CT molecular complexity index is 4900. The van der Waals surface area contributed by atoms with Crippen molar-refractivity contribution in [3.05, 3.63) is 166 Å². The van der Waals surface area contributed by atoms with E-state index in [1.165, 1.54) is 158 Å². The molecule has 14 unspecified atom stereocenters. The fraction of sp³-hybridized carbons (Fsp3) is 0.690. The fourth-order valence-corrected chi connectivity index (χ4v) is 24.7. The van der Waals surface area contributed by atoms with Crippen LogP contribution in [0.3, 0.4) is 0 Å². The van der Waals surface area contributed by atoms with Gasteiger partial charge in [0.2, 0.25) is 35.3 Å². The second-order valence-electron chi connectivity index (χ2n) is 49.4. The van der Waals surface area contributed by atoms with E-state index < -0.39 is 0 Å². The third-order valence-corrected chi connectivity index (χ3v) is 33.0. The molecule has 14 atom stereocenters. The lowest BCUT2D eigenvalue weighted by atomic mass is 9.82. The van der Waals surface area contributed by atoms with Crippen molar-refractivity contribution < 1.29 is 33.2 Å². The fourth-order valence-electron chi connectivity index (χ4n) is 24.4. The average molecular weight is 1980 g/mol. The Hall–Kier alpha value is -7.62. The Morgan fingerprint density at radius 2 is 0.627 bits per heavy atom. The number of hydrogen-bond donors (Lipinski definition) is 0. The summed E-state index contributed by atoms with van der Waals surface area (Å²) in [5.41, 5.74) is 10.6. The summed E-state index contributed by atoms with van der Waals surface area (Å²) < 4.78 is 35.9. The predicted octanol–water partition coefficient (Wildman–Crippen LogP) is 16.1. The van der Waals surface area contributed by atoms with E-state index in [4.69, 9.17) is 44.8 Å². The molecule has 7 aromatic rings. The molecule has 0 N–H and O–H groups in total. The quantitative estimate of drug-likeness (QED) is 0.0657. The van der Waals surface area contributed by atoms with Crippen molar-refractivity contribution in [1.82, 2.24) is 103 Å². The zero-order valence-electron chi connectivity index (χ0n) is 91.8. The largest absolute Gasteiger partial charge is 0.495 e. The van der Waals surface area contributed by atoms with Crippen molar-refractivity contribution in [2.45, 2.75) is 366 Å². The molecule has 0 aliphatic carbocycles. The third kappa shape index (κ3) is 27.1. The number of fused-ring (bicyclic) bond motifs is 14. The molecule has 142 heavy (non-hydrogen) atoms. The predicted molar refractivity (Wildman–Crippen MR) is 569 cm³/mol. The normalized spacial score (nSPS) is 27.1. The summed E-state index contributed by atoms with van der Waals surface area (Å²) >= 11 is 6.16. The molecule has 782 valence electrons. The lowest BCUT2D eigenvalue weighted by molar-refractivity contribution is -0.121. The minimum atomic E-state index is 0.272. The van der Waals surface area contributed by atoms with Crippen LogP contribution < -0.4 is 33.2 Å². The van der Waals surface area contributed by atoms with Crippen molar-refractivity contribution >= 4 is 11.6 Å². The smallest absolute Gasteiger partial charge is 0.232 e. The number of hydrogen-bond acceptors (Lipinski definition) is 28. The van der Waals surface area contributed by atoms with E-state index >= 15 is 0 Å². The Balaban J connectivity index is 0.000000125. The van der Waals surface area contributed by atoms with Gasteiger partial charge in [0.1, 0.15) is 10.8 Å². The summed E-state index contributed by atoms with van der Waals surface area (Å²) in [5.74, 6) is 4.81. The van der Waals surface area contributed by atoms with E-state index in [0.717, 1.165) is 106 Å². The number of ether oxygens (including phenoxy) is 7. The van der Waals surface area contributed by atoms with Crippen LogP contribution in [-0.2, 0) is 45.8 Å². The molecule has 28 nitrogen and oxygen atoms in total. The maximum absolute atomic E-state index is 6.16. The summed E-state index contributed by atoms with van der Waals surface area (Å²) in [5, 5.41) is 0.594. The van der Waals surface area contributed by atoms with Gasteiger partial charge in [-0.05, 0) is 249 Å². The molecule has 22 rings (SSSR count).